The van der Waals surface area contributed by atoms with Crippen molar-refractivity contribution in [3.8, 4) is 0 Å². The summed E-state index contributed by atoms with van der Waals surface area (Å²) in [5.41, 5.74) is 0.646. The molecule has 0 aromatic carbocycles. The summed E-state index contributed by atoms with van der Waals surface area (Å²) in [4.78, 5) is 0. The smallest absolute Gasteiger partial charge is 0.0412 e. The summed E-state index contributed by atoms with van der Waals surface area (Å²) in [7, 11) is 0. The zero-order chi connectivity index (χ0) is 6.54. The average molecular weight is 237 g/mol. The van der Waals surface area contributed by atoms with Gasteiger partial charge in [-0.05, 0) is 18.3 Å². The maximum absolute atomic E-state index is 3.46. The van der Waals surface area contributed by atoms with Gasteiger partial charge in [0.05, 0.1) is 0 Å². The first-order chi connectivity index (χ1) is 4.16. The molecule has 2 rings (SSSR count). The van der Waals surface area contributed by atoms with Gasteiger partial charge in [-0.2, -0.15) is 0 Å². The third kappa shape index (κ3) is 0.638. The molecule has 2 atom stereocenters. The van der Waals surface area contributed by atoms with Crippen molar-refractivity contribution >= 4 is 22.6 Å². The molecule has 0 amide bonds. The normalized spacial score (nSPS) is 56.7. The minimum atomic E-state index is 0.630. The molecule has 1 aliphatic heterocycles. The maximum atomic E-state index is 3.46. The van der Waals surface area contributed by atoms with E-state index in [0.717, 1.165) is 0 Å². The van der Waals surface area contributed by atoms with Gasteiger partial charge in [-0.3, -0.25) is 0 Å². The fourth-order valence-electron chi connectivity index (χ4n) is 1.91. The standard InChI is InChI=1S/C7H12IN/c1-6-2-3-7(6,8)5-9-4-6/h9H,2-5H2,1H3/t6-,7-/m1/s1. The lowest BCUT2D eigenvalue weighted by Gasteiger charge is -2.49. The molecule has 2 aliphatic rings. The van der Waals surface area contributed by atoms with E-state index >= 15 is 0 Å². The highest BCUT2D eigenvalue weighted by Crippen LogP contribution is 2.57. The molecule has 52 valence electrons. The Kier molecular flexibility index (Phi) is 1.17. The highest BCUT2D eigenvalue weighted by Gasteiger charge is 2.57. The summed E-state index contributed by atoms with van der Waals surface area (Å²) in [5, 5.41) is 3.46. The fraction of sp³-hybridized carbons (Fsp3) is 1.00. The number of halogens is 1. The van der Waals surface area contributed by atoms with Crippen molar-refractivity contribution in [3.05, 3.63) is 0 Å². The van der Waals surface area contributed by atoms with Crippen molar-refractivity contribution in [2.75, 3.05) is 13.1 Å². The number of hydrogen-bond acceptors (Lipinski definition) is 1. The second kappa shape index (κ2) is 1.64. The average Bonchev–Trinajstić information content (AvgIpc) is 1.98. The lowest BCUT2D eigenvalue weighted by molar-refractivity contribution is 0.159. The van der Waals surface area contributed by atoms with Crippen LogP contribution in [0.3, 0.4) is 0 Å². The van der Waals surface area contributed by atoms with Crippen molar-refractivity contribution in [3.63, 3.8) is 0 Å². The first-order valence-electron chi connectivity index (χ1n) is 3.56. The van der Waals surface area contributed by atoms with Gasteiger partial charge in [0.25, 0.3) is 0 Å². The third-order valence-corrected chi connectivity index (χ3v) is 5.30. The Balaban J connectivity index is 2.26. The van der Waals surface area contributed by atoms with Crippen LogP contribution < -0.4 is 5.32 Å². The minimum Gasteiger partial charge on any atom is -0.315 e. The minimum absolute atomic E-state index is 0.630. The lowest BCUT2D eigenvalue weighted by Crippen LogP contribution is -2.49. The highest BCUT2D eigenvalue weighted by atomic mass is 127. The van der Waals surface area contributed by atoms with Crippen LogP contribution in [0.1, 0.15) is 19.8 Å². The molecule has 9 heavy (non-hydrogen) atoms. The fourth-order valence-corrected chi connectivity index (χ4v) is 2.91. The van der Waals surface area contributed by atoms with Gasteiger partial charge in [-0.15, -0.1) is 0 Å². The van der Waals surface area contributed by atoms with Crippen LogP contribution in [-0.4, -0.2) is 16.5 Å². The predicted molar refractivity (Wildman–Crippen MR) is 47.0 cm³/mol. The van der Waals surface area contributed by atoms with Crippen LogP contribution in [0, 0.1) is 5.41 Å². The molecular formula is C7H12IN. The van der Waals surface area contributed by atoms with Gasteiger partial charge >= 0.3 is 0 Å². The van der Waals surface area contributed by atoms with Crippen LogP contribution in [-0.2, 0) is 0 Å². The Morgan fingerprint density at radius 3 is 2.33 bits per heavy atom. The van der Waals surface area contributed by atoms with Gasteiger partial charge in [0.15, 0.2) is 0 Å². The van der Waals surface area contributed by atoms with Gasteiger partial charge < -0.3 is 5.32 Å². The SMILES string of the molecule is C[C@]12CC[C@@]1(I)CNC2. The summed E-state index contributed by atoms with van der Waals surface area (Å²) in [6.45, 7) is 4.89. The molecule has 1 saturated heterocycles. The largest absolute Gasteiger partial charge is 0.315 e. The van der Waals surface area contributed by atoms with Crippen LogP contribution >= 0.6 is 22.6 Å². The first-order valence-corrected chi connectivity index (χ1v) is 4.64. The molecule has 0 radical (unpaired) electrons. The molecule has 0 aromatic rings. The van der Waals surface area contributed by atoms with Gasteiger partial charge in [0.2, 0.25) is 0 Å². The number of fused-ring (bicyclic) bond motifs is 1. The van der Waals surface area contributed by atoms with E-state index in [1.165, 1.54) is 25.9 Å². The van der Waals surface area contributed by atoms with Crippen LogP contribution in [0.2, 0.25) is 0 Å². The molecule has 2 heteroatoms. The van der Waals surface area contributed by atoms with Crippen molar-refractivity contribution in [1.82, 2.24) is 5.32 Å². The van der Waals surface area contributed by atoms with E-state index in [0.29, 0.717) is 8.84 Å². The topological polar surface area (TPSA) is 12.0 Å². The highest BCUT2D eigenvalue weighted by molar-refractivity contribution is 14.1. The molecule has 1 nitrogen and oxygen atoms in total. The Morgan fingerprint density at radius 1 is 1.33 bits per heavy atom. The molecule has 0 aromatic heterocycles. The van der Waals surface area contributed by atoms with Crippen LogP contribution in [0.25, 0.3) is 0 Å². The van der Waals surface area contributed by atoms with Gasteiger partial charge in [0.1, 0.15) is 0 Å². The third-order valence-electron chi connectivity index (χ3n) is 3.08. The molecule has 0 spiro atoms. The zero-order valence-corrected chi connectivity index (χ0v) is 7.86. The molecule has 1 aliphatic carbocycles. The van der Waals surface area contributed by atoms with Gasteiger partial charge in [-0.1, -0.05) is 29.5 Å². The predicted octanol–water partition coefficient (Wildman–Crippen LogP) is 1.56. The Hall–Kier alpha value is 0.690. The Labute approximate surface area is 69.7 Å². The van der Waals surface area contributed by atoms with Crippen molar-refractivity contribution in [2.45, 2.75) is 23.2 Å². The van der Waals surface area contributed by atoms with E-state index in [-0.39, 0.29) is 0 Å². The molecule has 1 N–H and O–H groups in total. The maximum Gasteiger partial charge on any atom is 0.0412 e. The second-order valence-electron chi connectivity index (χ2n) is 3.63. The molecule has 1 saturated carbocycles. The quantitative estimate of drug-likeness (QED) is 0.498. The van der Waals surface area contributed by atoms with E-state index in [1.807, 2.05) is 0 Å². The number of hydrogen-bond donors (Lipinski definition) is 1. The van der Waals surface area contributed by atoms with Gasteiger partial charge in [-0.25, -0.2) is 0 Å². The van der Waals surface area contributed by atoms with Crippen LogP contribution in [0.15, 0.2) is 0 Å². The number of nitrogens with one attached hydrogen (secondary N) is 1. The van der Waals surface area contributed by atoms with Crippen molar-refractivity contribution in [2.24, 2.45) is 5.41 Å². The summed E-state index contributed by atoms with van der Waals surface area (Å²) in [5.74, 6) is 0. The van der Waals surface area contributed by atoms with Gasteiger partial charge in [0, 0.05) is 16.5 Å². The number of alkyl halides is 1. The zero-order valence-electron chi connectivity index (χ0n) is 5.71. The van der Waals surface area contributed by atoms with Crippen LogP contribution in [0.5, 0.6) is 0 Å². The summed E-state index contributed by atoms with van der Waals surface area (Å²) >= 11 is 2.63. The Bertz CT molecular complexity index is 132. The summed E-state index contributed by atoms with van der Waals surface area (Å²) in [6.07, 6.45) is 2.86. The van der Waals surface area contributed by atoms with Crippen molar-refractivity contribution < 1.29 is 0 Å². The van der Waals surface area contributed by atoms with E-state index in [9.17, 15) is 0 Å². The van der Waals surface area contributed by atoms with E-state index < -0.39 is 0 Å². The lowest BCUT2D eigenvalue weighted by atomic mass is 9.63. The molecule has 0 bridgehead atoms. The second-order valence-corrected chi connectivity index (χ2v) is 5.69. The monoisotopic (exact) mass is 237 g/mol. The van der Waals surface area contributed by atoms with Crippen LogP contribution in [0.4, 0.5) is 0 Å². The van der Waals surface area contributed by atoms with E-state index in [4.69, 9.17) is 0 Å². The number of rotatable bonds is 0. The molecule has 0 unspecified atom stereocenters. The van der Waals surface area contributed by atoms with E-state index in [2.05, 4.69) is 34.8 Å². The van der Waals surface area contributed by atoms with E-state index in [1.54, 1.807) is 0 Å². The molecule has 2 fully saturated rings. The summed E-state index contributed by atoms with van der Waals surface area (Å²) in [6, 6.07) is 0. The molecule has 1 heterocycles. The first kappa shape index (κ1) is 6.40. The molecular weight excluding hydrogens is 225 g/mol. The Morgan fingerprint density at radius 2 is 2.11 bits per heavy atom. The summed E-state index contributed by atoms with van der Waals surface area (Å²) < 4.78 is 0.630. The van der Waals surface area contributed by atoms with Crippen molar-refractivity contribution in [1.29, 1.82) is 0 Å².